The average Bonchev–Trinajstić information content (AvgIpc) is 2.55. The Morgan fingerprint density at radius 1 is 1.38 bits per heavy atom. The van der Waals surface area contributed by atoms with Crippen molar-refractivity contribution < 1.29 is 9.90 Å². The number of fused-ring (bicyclic) bond motifs is 1. The van der Waals surface area contributed by atoms with Gasteiger partial charge in [-0.3, -0.25) is 4.79 Å². The minimum absolute atomic E-state index is 0.0916. The lowest BCUT2D eigenvalue weighted by Crippen LogP contribution is -1.99. The van der Waals surface area contributed by atoms with Crippen molar-refractivity contribution in [1.82, 2.24) is 4.57 Å². The molecule has 1 heterocycles. The molecule has 0 atom stereocenters. The van der Waals surface area contributed by atoms with E-state index in [2.05, 4.69) is 13.0 Å². The molecular weight excluding hydrogens is 202 g/mol. The van der Waals surface area contributed by atoms with Gasteiger partial charge in [0.25, 0.3) is 0 Å². The molecular formula is C13H15NO2. The minimum atomic E-state index is -0.779. The molecule has 1 aromatic heterocycles. The van der Waals surface area contributed by atoms with Crippen molar-refractivity contribution >= 4 is 16.9 Å². The molecule has 0 bridgehead atoms. The van der Waals surface area contributed by atoms with Gasteiger partial charge in [0.1, 0.15) is 0 Å². The molecule has 0 radical (unpaired) electrons. The van der Waals surface area contributed by atoms with Crippen molar-refractivity contribution in [3.63, 3.8) is 0 Å². The highest BCUT2D eigenvalue weighted by Crippen LogP contribution is 2.25. The van der Waals surface area contributed by atoms with Crippen LogP contribution in [0.4, 0.5) is 0 Å². The van der Waals surface area contributed by atoms with Crippen molar-refractivity contribution in [2.24, 2.45) is 7.05 Å². The minimum Gasteiger partial charge on any atom is -0.481 e. The Labute approximate surface area is 94.3 Å². The first-order chi connectivity index (χ1) is 7.63. The van der Waals surface area contributed by atoms with E-state index in [0.29, 0.717) is 0 Å². The van der Waals surface area contributed by atoms with Gasteiger partial charge in [-0.2, -0.15) is 0 Å². The molecule has 3 heteroatoms. The zero-order chi connectivity index (χ0) is 11.7. The number of hydrogen-bond acceptors (Lipinski definition) is 1. The molecule has 0 saturated heterocycles. The lowest BCUT2D eigenvalue weighted by atomic mass is 10.0. The van der Waals surface area contributed by atoms with Crippen LogP contribution in [0.3, 0.4) is 0 Å². The molecule has 3 nitrogen and oxygen atoms in total. The molecule has 0 fully saturated rings. The molecule has 0 amide bonds. The lowest BCUT2D eigenvalue weighted by Gasteiger charge is -2.02. The van der Waals surface area contributed by atoms with Crippen LogP contribution in [0, 0.1) is 0 Å². The predicted molar refractivity (Wildman–Crippen MR) is 63.6 cm³/mol. The second kappa shape index (κ2) is 4.00. The molecule has 0 aliphatic heterocycles. The average molecular weight is 217 g/mol. The normalized spacial score (nSPS) is 10.9. The van der Waals surface area contributed by atoms with Crippen molar-refractivity contribution in [3.05, 3.63) is 35.5 Å². The van der Waals surface area contributed by atoms with Gasteiger partial charge in [-0.05, 0) is 23.6 Å². The number of aliphatic carboxylic acids is 1. The Bertz CT molecular complexity index is 540. The number of benzene rings is 1. The van der Waals surface area contributed by atoms with Crippen molar-refractivity contribution in [2.45, 2.75) is 19.8 Å². The first-order valence-electron chi connectivity index (χ1n) is 5.41. The molecule has 0 aliphatic rings. The van der Waals surface area contributed by atoms with Crippen molar-refractivity contribution in [1.29, 1.82) is 0 Å². The van der Waals surface area contributed by atoms with Gasteiger partial charge in [-0.25, -0.2) is 0 Å². The largest absolute Gasteiger partial charge is 0.481 e. The maximum atomic E-state index is 10.8. The highest BCUT2D eigenvalue weighted by molar-refractivity contribution is 5.90. The van der Waals surface area contributed by atoms with Gasteiger partial charge < -0.3 is 9.67 Å². The lowest BCUT2D eigenvalue weighted by molar-refractivity contribution is -0.136. The summed E-state index contributed by atoms with van der Waals surface area (Å²) in [6, 6.07) is 6.11. The summed E-state index contributed by atoms with van der Waals surface area (Å²) in [5, 5.41) is 10.00. The molecule has 0 aliphatic carbocycles. The van der Waals surface area contributed by atoms with Crippen LogP contribution in [0.15, 0.2) is 24.4 Å². The summed E-state index contributed by atoms with van der Waals surface area (Å²) in [5.41, 5.74) is 3.23. The Balaban J connectivity index is 2.69. The zero-order valence-electron chi connectivity index (χ0n) is 9.53. The smallest absolute Gasteiger partial charge is 0.307 e. The summed E-state index contributed by atoms with van der Waals surface area (Å²) in [6.07, 6.45) is 2.93. The highest BCUT2D eigenvalue weighted by Gasteiger charge is 2.12. The molecule has 84 valence electrons. The molecule has 0 unspecified atom stereocenters. The summed E-state index contributed by atoms with van der Waals surface area (Å²) >= 11 is 0. The van der Waals surface area contributed by atoms with Crippen LogP contribution in [0.5, 0.6) is 0 Å². The maximum absolute atomic E-state index is 10.8. The second-order valence-electron chi connectivity index (χ2n) is 4.00. The third kappa shape index (κ3) is 1.69. The van der Waals surface area contributed by atoms with Crippen LogP contribution < -0.4 is 0 Å². The Kier molecular flexibility index (Phi) is 2.69. The number of aromatic nitrogens is 1. The number of aryl methyl sites for hydroxylation is 2. The van der Waals surface area contributed by atoms with Gasteiger partial charge >= 0.3 is 5.97 Å². The van der Waals surface area contributed by atoms with E-state index < -0.39 is 5.97 Å². The first-order valence-corrected chi connectivity index (χ1v) is 5.41. The fourth-order valence-electron chi connectivity index (χ4n) is 2.21. The van der Waals surface area contributed by atoms with E-state index in [0.717, 1.165) is 22.9 Å². The third-order valence-corrected chi connectivity index (χ3v) is 2.90. The predicted octanol–water partition coefficient (Wildman–Crippen LogP) is 2.37. The molecule has 1 N–H and O–H groups in total. The van der Waals surface area contributed by atoms with Gasteiger partial charge in [0.05, 0.1) is 6.42 Å². The number of nitrogens with zero attached hydrogens (tertiary/aromatic N) is 1. The number of carbonyl (C=O) groups is 1. The Morgan fingerprint density at radius 3 is 2.75 bits per heavy atom. The number of carboxylic acids is 1. The number of hydrogen-bond donors (Lipinski definition) is 1. The molecule has 0 saturated carbocycles. The summed E-state index contributed by atoms with van der Waals surface area (Å²) in [6.45, 7) is 2.09. The summed E-state index contributed by atoms with van der Waals surface area (Å²) in [7, 11) is 1.95. The Morgan fingerprint density at radius 2 is 2.12 bits per heavy atom. The summed E-state index contributed by atoms with van der Waals surface area (Å²) in [5.74, 6) is -0.779. The van der Waals surface area contributed by atoms with Crippen LogP contribution in [-0.4, -0.2) is 15.6 Å². The van der Waals surface area contributed by atoms with Crippen LogP contribution in [0.25, 0.3) is 10.9 Å². The van der Waals surface area contributed by atoms with E-state index in [-0.39, 0.29) is 6.42 Å². The summed E-state index contributed by atoms with van der Waals surface area (Å²) < 4.78 is 1.99. The summed E-state index contributed by atoms with van der Waals surface area (Å²) in [4.78, 5) is 10.8. The van der Waals surface area contributed by atoms with Gasteiger partial charge in [0.2, 0.25) is 0 Å². The SMILES string of the molecule is CCc1cccc2c1c(CC(=O)O)cn2C. The first kappa shape index (κ1) is 10.7. The molecule has 0 spiro atoms. The van der Waals surface area contributed by atoms with E-state index in [1.165, 1.54) is 5.56 Å². The fourth-order valence-corrected chi connectivity index (χ4v) is 2.21. The van der Waals surface area contributed by atoms with Crippen molar-refractivity contribution in [2.75, 3.05) is 0 Å². The zero-order valence-corrected chi connectivity index (χ0v) is 9.53. The highest BCUT2D eigenvalue weighted by atomic mass is 16.4. The fraction of sp³-hybridized carbons (Fsp3) is 0.308. The van der Waals surface area contributed by atoms with Gasteiger partial charge in [-0.15, -0.1) is 0 Å². The van der Waals surface area contributed by atoms with Crippen molar-refractivity contribution in [3.8, 4) is 0 Å². The number of carboxylic acid groups (broad SMARTS) is 1. The van der Waals surface area contributed by atoms with Crippen LogP contribution in [0.1, 0.15) is 18.1 Å². The molecule has 2 aromatic rings. The molecule has 2 rings (SSSR count). The van der Waals surface area contributed by atoms with Gasteiger partial charge in [0, 0.05) is 24.1 Å². The van der Waals surface area contributed by atoms with E-state index in [1.54, 1.807) is 0 Å². The van der Waals surface area contributed by atoms with E-state index in [1.807, 2.05) is 29.9 Å². The van der Waals surface area contributed by atoms with Gasteiger partial charge in [-0.1, -0.05) is 19.1 Å². The Hall–Kier alpha value is -1.77. The van der Waals surface area contributed by atoms with E-state index >= 15 is 0 Å². The van der Waals surface area contributed by atoms with E-state index in [9.17, 15) is 4.79 Å². The van der Waals surface area contributed by atoms with Crippen LogP contribution >= 0.6 is 0 Å². The quantitative estimate of drug-likeness (QED) is 0.857. The van der Waals surface area contributed by atoms with Crippen LogP contribution in [-0.2, 0) is 24.7 Å². The second-order valence-corrected chi connectivity index (χ2v) is 4.00. The van der Waals surface area contributed by atoms with Crippen LogP contribution in [0.2, 0.25) is 0 Å². The monoisotopic (exact) mass is 217 g/mol. The molecule has 1 aromatic carbocycles. The molecule has 16 heavy (non-hydrogen) atoms. The van der Waals surface area contributed by atoms with Gasteiger partial charge in [0.15, 0.2) is 0 Å². The topological polar surface area (TPSA) is 42.2 Å². The maximum Gasteiger partial charge on any atom is 0.307 e. The number of rotatable bonds is 3. The van der Waals surface area contributed by atoms with E-state index in [4.69, 9.17) is 5.11 Å². The standard InChI is InChI=1S/C13H15NO2/c1-3-9-5-4-6-11-13(9)10(7-12(15)16)8-14(11)2/h4-6,8H,3,7H2,1-2H3,(H,15,16). The third-order valence-electron chi connectivity index (χ3n) is 2.90.